The van der Waals surface area contributed by atoms with E-state index in [1.54, 1.807) is 12.3 Å². The van der Waals surface area contributed by atoms with E-state index in [4.69, 9.17) is 5.26 Å². The molecule has 3 nitrogen and oxygen atoms in total. The van der Waals surface area contributed by atoms with Gasteiger partial charge < -0.3 is 4.90 Å². The molecule has 0 aliphatic heterocycles. The number of carbonyl (C=O) groups is 1. The Bertz CT molecular complexity index is 664. The van der Waals surface area contributed by atoms with Crippen molar-refractivity contribution in [3.8, 4) is 6.07 Å². The van der Waals surface area contributed by atoms with Gasteiger partial charge in [-0.05, 0) is 42.7 Å². The van der Waals surface area contributed by atoms with Crippen molar-refractivity contribution >= 4 is 11.5 Å². The van der Waals surface area contributed by atoms with Crippen molar-refractivity contribution in [2.45, 2.75) is 39.5 Å². The van der Waals surface area contributed by atoms with E-state index in [1.165, 1.54) is 0 Å². The van der Waals surface area contributed by atoms with Gasteiger partial charge in [0.2, 0.25) is 0 Å². The smallest absolute Gasteiger partial charge is 0.133 e. The molecule has 1 fully saturated rings. The normalized spacial score (nSPS) is 23.6. The molecule has 1 aromatic carbocycles. The molecule has 2 atom stereocenters. The number of nitriles is 1. The fourth-order valence-corrected chi connectivity index (χ4v) is 3.42. The summed E-state index contributed by atoms with van der Waals surface area (Å²) in [5, 5.41) is 9.17. The van der Waals surface area contributed by atoms with Gasteiger partial charge in [-0.3, -0.25) is 9.18 Å². The molecule has 1 aliphatic carbocycles. The summed E-state index contributed by atoms with van der Waals surface area (Å²) in [7, 11) is 0. The summed E-state index contributed by atoms with van der Waals surface area (Å²) in [6, 6.07) is 7.76. The summed E-state index contributed by atoms with van der Waals surface area (Å²) in [6.45, 7) is 7.99. The predicted octanol–water partition coefficient (Wildman–Crippen LogP) is 4.42. The molecule has 0 N–H and O–H groups in total. The first kappa shape index (κ1) is 18.2. The summed E-state index contributed by atoms with van der Waals surface area (Å²) >= 11 is 0. The van der Waals surface area contributed by atoms with Crippen molar-refractivity contribution in [1.82, 2.24) is 0 Å². The largest absolute Gasteiger partial charge is 0.348 e. The van der Waals surface area contributed by atoms with E-state index >= 15 is 0 Å². The number of ketones is 1. The molecular weight excluding hydrogens is 303 g/mol. The summed E-state index contributed by atoms with van der Waals surface area (Å²) in [5.74, 6) is 0.147. The van der Waals surface area contributed by atoms with E-state index in [9.17, 15) is 9.18 Å². The second-order valence-corrected chi connectivity index (χ2v) is 6.87. The maximum atomic E-state index is 13.7. The minimum absolute atomic E-state index is 0.0582. The number of nitrogens with zero attached hydrogens (tertiary/aromatic N) is 2. The Kier molecular flexibility index (Phi) is 5.77. The predicted molar refractivity (Wildman–Crippen MR) is 94.5 cm³/mol. The zero-order valence-electron chi connectivity index (χ0n) is 14.5. The van der Waals surface area contributed by atoms with Gasteiger partial charge in [-0.15, -0.1) is 0 Å². The highest BCUT2D eigenvalue weighted by Crippen LogP contribution is 2.41. The Morgan fingerprint density at radius 2 is 2.29 bits per heavy atom. The molecular formula is C20H25FN2O. The number of carbonyl (C=O) groups excluding carboxylic acids is 1. The molecule has 24 heavy (non-hydrogen) atoms. The Hall–Kier alpha value is -2.15. The standard InChI is InChI=1S/C20H25FN2O/c1-4-16-7-6-15(12-22)10-19(16)23(5-2)13-17-11-18(24)8-9-20(17,3)14-21/h5-7,10,17H,2,4,8-9,11,13-14H2,1,3H3. The van der Waals surface area contributed by atoms with Crippen LogP contribution in [0.2, 0.25) is 0 Å². The van der Waals surface area contributed by atoms with Crippen molar-refractivity contribution < 1.29 is 9.18 Å². The highest BCUT2D eigenvalue weighted by Gasteiger charge is 2.40. The number of hydrogen-bond acceptors (Lipinski definition) is 3. The van der Waals surface area contributed by atoms with E-state index in [1.807, 2.05) is 24.0 Å². The second-order valence-electron chi connectivity index (χ2n) is 6.87. The van der Waals surface area contributed by atoms with Crippen LogP contribution in [0.5, 0.6) is 0 Å². The molecule has 1 aliphatic rings. The van der Waals surface area contributed by atoms with Crippen molar-refractivity contribution in [1.29, 1.82) is 5.26 Å². The first-order valence-electron chi connectivity index (χ1n) is 8.47. The fraction of sp³-hybridized carbons (Fsp3) is 0.500. The molecule has 2 unspecified atom stereocenters. The lowest BCUT2D eigenvalue weighted by molar-refractivity contribution is -0.124. The van der Waals surface area contributed by atoms with Crippen LogP contribution in [-0.2, 0) is 11.2 Å². The van der Waals surface area contributed by atoms with Gasteiger partial charge in [-0.25, -0.2) is 0 Å². The molecule has 0 spiro atoms. The molecule has 1 aromatic rings. The van der Waals surface area contributed by atoms with Crippen molar-refractivity contribution in [2.75, 3.05) is 18.1 Å². The maximum Gasteiger partial charge on any atom is 0.133 e. The first-order chi connectivity index (χ1) is 11.5. The Morgan fingerprint density at radius 1 is 1.54 bits per heavy atom. The van der Waals surface area contributed by atoms with Crippen LogP contribution in [-0.4, -0.2) is 19.0 Å². The SMILES string of the molecule is C=CN(CC1CC(=O)CCC1(C)CF)c1cc(C#N)ccc1CC. The molecule has 0 saturated heterocycles. The average Bonchev–Trinajstić information content (AvgIpc) is 2.61. The fourth-order valence-electron chi connectivity index (χ4n) is 3.42. The monoisotopic (exact) mass is 328 g/mol. The van der Waals surface area contributed by atoms with Crippen LogP contribution in [0.25, 0.3) is 0 Å². The van der Waals surface area contributed by atoms with Gasteiger partial charge in [0.15, 0.2) is 0 Å². The number of hydrogen-bond donors (Lipinski definition) is 0. The van der Waals surface area contributed by atoms with E-state index < -0.39 is 12.1 Å². The number of Topliss-reactive ketones (excluding diaryl/α,β-unsaturated/α-hetero) is 1. The highest BCUT2D eigenvalue weighted by atomic mass is 19.1. The molecule has 128 valence electrons. The highest BCUT2D eigenvalue weighted by molar-refractivity contribution is 5.79. The van der Waals surface area contributed by atoms with E-state index in [-0.39, 0.29) is 11.7 Å². The Balaban J connectivity index is 2.33. The van der Waals surface area contributed by atoms with Crippen LogP contribution >= 0.6 is 0 Å². The van der Waals surface area contributed by atoms with Crippen LogP contribution in [0.1, 0.15) is 44.2 Å². The molecule has 0 amide bonds. The van der Waals surface area contributed by atoms with E-state index in [2.05, 4.69) is 19.6 Å². The van der Waals surface area contributed by atoms with Gasteiger partial charge in [-0.1, -0.05) is 26.5 Å². The average molecular weight is 328 g/mol. The second kappa shape index (κ2) is 7.61. The third kappa shape index (κ3) is 3.67. The lowest BCUT2D eigenvalue weighted by Gasteiger charge is -2.41. The third-order valence-corrected chi connectivity index (χ3v) is 5.28. The number of anilines is 1. The number of benzene rings is 1. The lowest BCUT2D eigenvalue weighted by Crippen LogP contribution is -2.42. The molecule has 2 rings (SSSR count). The number of rotatable bonds is 6. The van der Waals surface area contributed by atoms with Crippen molar-refractivity contribution in [2.24, 2.45) is 11.3 Å². The molecule has 0 radical (unpaired) electrons. The van der Waals surface area contributed by atoms with E-state index in [0.717, 1.165) is 17.7 Å². The van der Waals surface area contributed by atoms with Gasteiger partial charge in [-0.2, -0.15) is 5.26 Å². The first-order valence-corrected chi connectivity index (χ1v) is 8.47. The molecule has 0 aromatic heterocycles. The van der Waals surface area contributed by atoms with Gasteiger partial charge in [0.05, 0.1) is 18.3 Å². The van der Waals surface area contributed by atoms with Crippen molar-refractivity contribution in [3.05, 3.63) is 42.1 Å². The number of alkyl halides is 1. The summed E-state index contributed by atoms with van der Waals surface area (Å²) in [5.41, 5.74) is 2.14. The molecule has 1 saturated carbocycles. The van der Waals surface area contributed by atoms with Crippen LogP contribution in [0.15, 0.2) is 31.0 Å². The number of aryl methyl sites for hydroxylation is 1. The zero-order valence-corrected chi connectivity index (χ0v) is 14.5. The zero-order chi connectivity index (χ0) is 17.7. The minimum Gasteiger partial charge on any atom is -0.348 e. The van der Waals surface area contributed by atoms with Crippen LogP contribution in [0.4, 0.5) is 10.1 Å². The Morgan fingerprint density at radius 3 is 2.88 bits per heavy atom. The quantitative estimate of drug-likeness (QED) is 0.776. The van der Waals surface area contributed by atoms with Gasteiger partial charge in [0.1, 0.15) is 5.78 Å². The van der Waals surface area contributed by atoms with Crippen LogP contribution < -0.4 is 4.90 Å². The topological polar surface area (TPSA) is 44.1 Å². The summed E-state index contributed by atoms with van der Waals surface area (Å²) in [6.07, 6.45) is 4.01. The summed E-state index contributed by atoms with van der Waals surface area (Å²) in [4.78, 5) is 13.9. The molecule has 0 heterocycles. The van der Waals surface area contributed by atoms with Gasteiger partial charge in [0, 0.05) is 30.5 Å². The Labute approximate surface area is 143 Å². The van der Waals surface area contributed by atoms with Crippen LogP contribution in [0.3, 0.4) is 0 Å². The number of halogens is 1. The van der Waals surface area contributed by atoms with Crippen molar-refractivity contribution in [3.63, 3.8) is 0 Å². The van der Waals surface area contributed by atoms with Crippen LogP contribution in [0, 0.1) is 22.7 Å². The molecule has 4 heteroatoms. The lowest BCUT2D eigenvalue weighted by atomic mass is 9.67. The third-order valence-electron chi connectivity index (χ3n) is 5.28. The molecule has 0 bridgehead atoms. The van der Waals surface area contributed by atoms with E-state index in [0.29, 0.717) is 31.4 Å². The maximum absolute atomic E-state index is 13.7. The minimum atomic E-state index is -0.478. The van der Waals surface area contributed by atoms with Gasteiger partial charge >= 0.3 is 0 Å². The summed E-state index contributed by atoms with van der Waals surface area (Å²) < 4.78 is 13.7. The van der Waals surface area contributed by atoms with Gasteiger partial charge in [0.25, 0.3) is 0 Å².